The Labute approximate surface area is 157 Å². The van der Waals surface area contributed by atoms with Crippen molar-refractivity contribution in [1.82, 2.24) is 24.3 Å². The van der Waals surface area contributed by atoms with E-state index in [1.54, 1.807) is 0 Å². The molecule has 0 bridgehead atoms. The van der Waals surface area contributed by atoms with Gasteiger partial charge in [0.15, 0.2) is 0 Å². The smallest absolute Gasteiger partial charge is 0.255 e. The van der Waals surface area contributed by atoms with Gasteiger partial charge in [0.25, 0.3) is 11.8 Å². The highest BCUT2D eigenvalue weighted by atomic mass is 16.2. The Kier molecular flexibility index (Phi) is 4.43. The third kappa shape index (κ3) is 3.45. The van der Waals surface area contributed by atoms with E-state index in [-0.39, 0.29) is 11.8 Å². The molecule has 3 aromatic rings. The number of aromatic amines is 1. The number of rotatable bonds is 2. The van der Waals surface area contributed by atoms with Crippen LogP contribution in [0, 0.1) is 6.92 Å². The van der Waals surface area contributed by atoms with Gasteiger partial charge in [0.2, 0.25) is 0 Å². The molecule has 1 N–H and O–H groups in total. The fourth-order valence-corrected chi connectivity index (χ4v) is 3.59. The summed E-state index contributed by atoms with van der Waals surface area (Å²) in [6.07, 6.45) is 4.47. The standard InChI is InChI=1S/C20H23N5O2/c1-14-21-17-5-4-15(12-18(17)22-14)19(26)24-7-3-8-25(11-10-24)20(27)16-6-9-23(2)13-16/h4-6,9,12-13H,3,7-8,10-11H2,1-2H3,(H,21,22). The summed E-state index contributed by atoms with van der Waals surface area (Å²) in [6, 6.07) is 7.38. The molecule has 0 radical (unpaired) electrons. The molecule has 3 heterocycles. The molecule has 27 heavy (non-hydrogen) atoms. The monoisotopic (exact) mass is 365 g/mol. The number of aromatic nitrogens is 3. The van der Waals surface area contributed by atoms with Gasteiger partial charge in [0, 0.05) is 51.2 Å². The first kappa shape index (κ1) is 17.3. The van der Waals surface area contributed by atoms with E-state index < -0.39 is 0 Å². The fourth-order valence-electron chi connectivity index (χ4n) is 3.59. The van der Waals surface area contributed by atoms with Crippen LogP contribution < -0.4 is 0 Å². The molecule has 0 unspecified atom stereocenters. The van der Waals surface area contributed by atoms with Gasteiger partial charge in [0.05, 0.1) is 16.6 Å². The van der Waals surface area contributed by atoms with Crippen molar-refractivity contribution in [1.29, 1.82) is 0 Å². The lowest BCUT2D eigenvalue weighted by atomic mass is 10.1. The molecule has 1 aromatic carbocycles. The number of H-pyrrole nitrogens is 1. The predicted molar refractivity (Wildman–Crippen MR) is 103 cm³/mol. The van der Waals surface area contributed by atoms with E-state index >= 15 is 0 Å². The second-order valence-corrected chi connectivity index (χ2v) is 7.06. The van der Waals surface area contributed by atoms with Crippen LogP contribution in [0.3, 0.4) is 0 Å². The van der Waals surface area contributed by atoms with Crippen LogP contribution in [-0.4, -0.2) is 62.3 Å². The maximum atomic E-state index is 12.9. The first-order chi connectivity index (χ1) is 13.0. The number of nitrogens with one attached hydrogen (secondary N) is 1. The number of amides is 2. The van der Waals surface area contributed by atoms with Crippen molar-refractivity contribution in [3.63, 3.8) is 0 Å². The second kappa shape index (κ2) is 6.90. The highest BCUT2D eigenvalue weighted by Gasteiger charge is 2.24. The van der Waals surface area contributed by atoms with E-state index in [1.807, 2.05) is 65.0 Å². The summed E-state index contributed by atoms with van der Waals surface area (Å²) in [5.41, 5.74) is 3.07. The highest BCUT2D eigenvalue weighted by Crippen LogP contribution is 2.17. The number of fused-ring (bicyclic) bond motifs is 1. The Bertz CT molecular complexity index is 1000. The molecule has 2 amide bonds. The lowest BCUT2D eigenvalue weighted by molar-refractivity contribution is 0.0719. The molecule has 7 heteroatoms. The SMILES string of the molecule is Cc1nc2ccc(C(=O)N3CCCN(C(=O)c4ccn(C)c4)CC3)cc2[nH]1. The largest absolute Gasteiger partial charge is 0.356 e. The zero-order valence-electron chi connectivity index (χ0n) is 15.6. The summed E-state index contributed by atoms with van der Waals surface area (Å²) in [5.74, 6) is 0.858. The molecule has 0 spiro atoms. The first-order valence-electron chi connectivity index (χ1n) is 9.18. The predicted octanol–water partition coefficient (Wildman–Crippen LogP) is 2.20. The van der Waals surface area contributed by atoms with Crippen LogP contribution in [-0.2, 0) is 7.05 Å². The molecule has 1 fully saturated rings. The molecule has 0 saturated carbocycles. The van der Waals surface area contributed by atoms with Crippen molar-refractivity contribution in [3.05, 3.63) is 53.6 Å². The van der Waals surface area contributed by atoms with E-state index in [1.165, 1.54) is 0 Å². The van der Waals surface area contributed by atoms with Gasteiger partial charge in [-0.3, -0.25) is 9.59 Å². The van der Waals surface area contributed by atoms with Gasteiger partial charge < -0.3 is 19.4 Å². The van der Waals surface area contributed by atoms with E-state index in [0.717, 1.165) is 23.3 Å². The molecule has 0 atom stereocenters. The minimum absolute atomic E-state index is 0.00170. The maximum Gasteiger partial charge on any atom is 0.255 e. The van der Waals surface area contributed by atoms with Crippen LogP contribution in [0.4, 0.5) is 0 Å². The lowest BCUT2D eigenvalue weighted by Crippen LogP contribution is -2.37. The van der Waals surface area contributed by atoms with Gasteiger partial charge >= 0.3 is 0 Å². The average Bonchev–Trinajstić information content (AvgIpc) is 3.16. The van der Waals surface area contributed by atoms with Gasteiger partial charge in [-0.2, -0.15) is 0 Å². The Hall–Kier alpha value is -3.09. The zero-order chi connectivity index (χ0) is 19.0. The first-order valence-corrected chi connectivity index (χ1v) is 9.18. The molecule has 140 valence electrons. The third-order valence-corrected chi connectivity index (χ3v) is 5.00. The summed E-state index contributed by atoms with van der Waals surface area (Å²) in [4.78, 5) is 36.8. The quantitative estimate of drug-likeness (QED) is 0.757. The number of nitrogens with zero attached hydrogens (tertiary/aromatic N) is 4. The van der Waals surface area contributed by atoms with E-state index in [9.17, 15) is 9.59 Å². The third-order valence-electron chi connectivity index (χ3n) is 5.00. The topological polar surface area (TPSA) is 74.2 Å². The van der Waals surface area contributed by atoms with Crippen molar-refractivity contribution in [2.75, 3.05) is 26.2 Å². The van der Waals surface area contributed by atoms with Crippen molar-refractivity contribution in [2.45, 2.75) is 13.3 Å². The molecule has 1 aliphatic rings. The summed E-state index contributed by atoms with van der Waals surface area (Å²) in [6.45, 7) is 4.30. The second-order valence-electron chi connectivity index (χ2n) is 7.06. The number of hydrogen-bond acceptors (Lipinski definition) is 3. The summed E-state index contributed by atoms with van der Waals surface area (Å²) >= 11 is 0. The van der Waals surface area contributed by atoms with Crippen LogP contribution in [0.2, 0.25) is 0 Å². The number of carbonyl (C=O) groups excluding carboxylic acids is 2. The number of aryl methyl sites for hydroxylation is 2. The maximum absolute atomic E-state index is 12.9. The van der Waals surface area contributed by atoms with Crippen molar-refractivity contribution in [3.8, 4) is 0 Å². The van der Waals surface area contributed by atoms with Gasteiger partial charge in [-0.15, -0.1) is 0 Å². The Balaban J connectivity index is 1.46. The minimum atomic E-state index is -0.00170. The van der Waals surface area contributed by atoms with Crippen LogP contribution in [0.15, 0.2) is 36.7 Å². The van der Waals surface area contributed by atoms with Crippen LogP contribution in [0.5, 0.6) is 0 Å². The van der Waals surface area contributed by atoms with Crippen LogP contribution >= 0.6 is 0 Å². The van der Waals surface area contributed by atoms with Crippen molar-refractivity contribution < 1.29 is 9.59 Å². The number of carbonyl (C=O) groups is 2. The summed E-state index contributed by atoms with van der Waals surface area (Å²) in [7, 11) is 1.90. The molecule has 2 aromatic heterocycles. The van der Waals surface area contributed by atoms with Gasteiger partial charge in [0.1, 0.15) is 5.82 Å². The van der Waals surface area contributed by atoms with E-state index in [4.69, 9.17) is 0 Å². The molecular weight excluding hydrogens is 342 g/mol. The molecule has 7 nitrogen and oxygen atoms in total. The highest BCUT2D eigenvalue weighted by molar-refractivity contribution is 5.97. The van der Waals surface area contributed by atoms with Crippen LogP contribution in [0.1, 0.15) is 33.0 Å². The van der Waals surface area contributed by atoms with Crippen LogP contribution in [0.25, 0.3) is 11.0 Å². The Morgan fingerprint density at radius 1 is 1.00 bits per heavy atom. The zero-order valence-corrected chi connectivity index (χ0v) is 15.6. The number of benzene rings is 1. The Morgan fingerprint density at radius 2 is 1.70 bits per heavy atom. The normalized spacial score (nSPS) is 15.2. The van der Waals surface area contributed by atoms with Crippen molar-refractivity contribution >= 4 is 22.8 Å². The van der Waals surface area contributed by atoms with Gasteiger partial charge in [-0.25, -0.2) is 4.98 Å². The molecule has 0 aliphatic carbocycles. The Morgan fingerprint density at radius 3 is 2.37 bits per heavy atom. The van der Waals surface area contributed by atoms with E-state index in [0.29, 0.717) is 37.3 Å². The summed E-state index contributed by atoms with van der Waals surface area (Å²) < 4.78 is 1.87. The molecular formula is C20H23N5O2. The van der Waals surface area contributed by atoms with Gasteiger partial charge in [-0.1, -0.05) is 0 Å². The molecule has 1 aliphatic heterocycles. The molecule has 1 saturated heterocycles. The van der Waals surface area contributed by atoms with E-state index in [2.05, 4.69) is 9.97 Å². The fraction of sp³-hybridized carbons (Fsp3) is 0.350. The average molecular weight is 365 g/mol. The van der Waals surface area contributed by atoms with Crippen molar-refractivity contribution in [2.24, 2.45) is 7.05 Å². The minimum Gasteiger partial charge on any atom is -0.356 e. The van der Waals surface area contributed by atoms with Gasteiger partial charge in [-0.05, 0) is 37.6 Å². The molecule has 4 rings (SSSR count). The lowest BCUT2D eigenvalue weighted by Gasteiger charge is -2.22. The summed E-state index contributed by atoms with van der Waals surface area (Å²) in [5, 5.41) is 0. The number of hydrogen-bond donors (Lipinski definition) is 1. The number of imidazole rings is 1.